The number of amides is 1. The van der Waals surface area contributed by atoms with E-state index in [4.69, 9.17) is 20.9 Å². The number of nitrogens with one attached hydrogen (secondary N) is 2. The summed E-state index contributed by atoms with van der Waals surface area (Å²) in [5.41, 5.74) is 0.155. The molecule has 0 radical (unpaired) electrons. The summed E-state index contributed by atoms with van der Waals surface area (Å²) in [6, 6.07) is 12.1. The fourth-order valence-corrected chi connectivity index (χ4v) is 4.31. The van der Waals surface area contributed by atoms with Gasteiger partial charge in [-0.15, -0.1) is 0 Å². The third kappa shape index (κ3) is 5.60. The number of hydrogen-bond acceptors (Lipinski definition) is 6. The fourth-order valence-electron chi connectivity index (χ4n) is 2.72. The van der Waals surface area contributed by atoms with Gasteiger partial charge in [0, 0.05) is 22.7 Å². The fraction of sp³-hybridized carbons (Fsp3) is 0.273. The van der Waals surface area contributed by atoms with E-state index >= 15 is 0 Å². The van der Waals surface area contributed by atoms with Gasteiger partial charge in [0.2, 0.25) is 0 Å². The van der Waals surface area contributed by atoms with Crippen molar-refractivity contribution in [2.45, 2.75) is 38.0 Å². The molecule has 0 fully saturated rings. The number of aromatic nitrogens is 1. The molecule has 0 aliphatic rings. The zero-order valence-electron chi connectivity index (χ0n) is 18.1. The summed E-state index contributed by atoms with van der Waals surface area (Å²) in [6.45, 7) is 8.21. The smallest absolute Gasteiger partial charge is 0.263 e. The highest BCUT2D eigenvalue weighted by Gasteiger charge is 2.23. The molecule has 0 saturated heterocycles. The van der Waals surface area contributed by atoms with E-state index < -0.39 is 15.9 Å². The largest absolute Gasteiger partial charge is 0.494 e. The molecule has 0 aliphatic heterocycles. The van der Waals surface area contributed by atoms with Crippen molar-refractivity contribution in [2.24, 2.45) is 0 Å². The van der Waals surface area contributed by atoms with Crippen LogP contribution in [0.1, 0.15) is 43.8 Å². The number of anilines is 2. The van der Waals surface area contributed by atoms with Gasteiger partial charge in [-0.25, -0.2) is 8.42 Å². The number of hydrogen-bond donors (Lipinski definition) is 2. The molecule has 2 N–H and O–H groups in total. The highest BCUT2D eigenvalue weighted by molar-refractivity contribution is 7.92. The SMILES string of the molecule is CCOc1ccc(NS(=O)(=O)c2cc(C(=O)Nc3cc(C(C)(C)C)on3)ccc2Cl)cc1. The second-order valence-corrected chi connectivity index (χ2v) is 10.0. The summed E-state index contributed by atoms with van der Waals surface area (Å²) in [6.07, 6.45) is 0. The lowest BCUT2D eigenvalue weighted by atomic mass is 9.93. The normalized spacial score (nSPS) is 11.8. The number of sulfonamides is 1. The van der Waals surface area contributed by atoms with E-state index in [0.29, 0.717) is 23.8 Å². The van der Waals surface area contributed by atoms with Gasteiger partial charge in [-0.2, -0.15) is 0 Å². The number of nitrogens with zero attached hydrogens (tertiary/aromatic N) is 1. The molecule has 0 saturated carbocycles. The predicted molar refractivity (Wildman–Crippen MR) is 123 cm³/mol. The Morgan fingerprint density at radius 3 is 2.41 bits per heavy atom. The molecular formula is C22H24ClN3O5S. The van der Waals surface area contributed by atoms with Gasteiger partial charge in [0.15, 0.2) is 5.82 Å². The number of halogens is 1. The van der Waals surface area contributed by atoms with Crippen LogP contribution >= 0.6 is 11.6 Å². The summed E-state index contributed by atoms with van der Waals surface area (Å²) in [7, 11) is -4.05. The maximum Gasteiger partial charge on any atom is 0.263 e. The zero-order valence-corrected chi connectivity index (χ0v) is 19.7. The molecule has 0 spiro atoms. The first-order chi connectivity index (χ1) is 15.0. The van der Waals surface area contributed by atoms with Gasteiger partial charge in [-0.05, 0) is 49.4 Å². The van der Waals surface area contributed by atoms with Crippen LogP contribution in [0.15, 0.2) is 57.9 Å². The van der Waals surface area contributed by atoms with E-state index in [2.05, 4.69) is 15.2 Å². The average Bonchev–Trinajstić information content (AvgIpc) is 3.18. The maximum absolute atomic E-state index is 12.9. The topological polar surface area (TPSA) is 111 Å². The Balaban J connectivity index is 1.80. The molecular weight excluding hydrogens is 454 g/mol. The molecule has 1 amide bonds. The number of ether oxygens (including phenoxy) is 1. The quantitative estimate of drug-likeness (QED) is 0.491. The van der Waals surface area contributed by atoms with Crippen LogP contribution in [0.25, 0.3) is 0 Å². The summed E-state index contributed by atoms with van der Waals surface area (Å²) in [4.78, 5) is 12.4. The molecule has 32 heavy (non-hydrogen) atoms. The Morgan fingerprint density at radius 1 is 1.12 bits per heavy atom. The van der Waals surface area contributed by atoms with E-state index in [1.807, 2.05) is 27.7 Å². The molecule has 0 aliphatic carbocycles. The summed E-state index contributed by atoms with van der Waals surface area (Å²) in [5, 5.41) is 6.42. The number of carbonyl (C=O) groups excluding carboxylic acids is 1. The highest BCUT2D eigenvalue weighted by atomic mass is 35.5. The second kappa shape index (κ2) is 9.22. The molecule has 0 bridgehead atoms. The molecule has 0 atom stereocenters. The first-order valence-electron chi connectivity index (χ1n) is 9.83. The van der Waals surface area contributed by atoms with Crippen molar-refractivity contribution in [2.75, 3.05) is 16.6 Å². The lowest BCUT2D eigenvalue weighted by Gasteiger charge is -2.12. The van der Waals surface area contributed by atoms with Crippen molar-refractivity contribution in [1.82, 2.24) is 5.16 Å². The van der Waals surface area contributed by atoms with Crippen LogP contribution in [0.4, 0.5) is 11.5 Å². The Kier molecular flexibility index (Phi) is 6.80. The third-order valence-corrected chi connectivity index (χ3v) is 6.25. The van der Waals surface area contributed by atoms with E-state index in [1.165, 1.54) is 18.2 Å². The van der Waals surface area contributed by atoms with Crippen molar-refractivity contribution in [1.29, 1.82) is 0 Å². The van der Waals surface area contributed by atoms with Crippen molar-refractivity contribution in [3.05, 3.63) is 64.9 Å². The molecule has 8 nitrogen and oxygen atoms in total. The Hall–Kier alpha value is -3.04. The van der Waals surface area contributed by atoms with Gasteiger partial charge >= 0.3 is 0 Å². The molecule has 1 aromatic heterocycles. The average molecular weight is 478 g/mol. The van der Waals surface area contributed by atoms with E-state index in [1.54, 1.807) is 30.3 Å². The molecule has 3 rings (SSSR count). The molecule has 2 aromatic carbocycles. The van der Waals surface area contributed by atoms with Gasteiger partial charge in [-0.1, -0.05) is 37.5 Å². The van der Waals surface area contributed by atoms with Gasteiger partial charge in [0.1, 0.15) is 16.4 Å². The molecule has 3 aromatic rings. The van der Waals surface area contributed by atoms with Crippen LogP contribution in [0.3, 0.4) is 0 Å². The van der Waals surface area contributed by atoms with E-state index in [9.17, 15) is 13.2 Å². The minimum atomic E-state index is -4.05. The van der Waals surface area contributed by atoms with Crippen LogP contribution in [-0.4, -0.2) is 26.1 Å². The number of rotatable bonds is 7. The van der Waals surface area contributed by atoms with E-state index in [-0.39, 0.29) is 26.7 Å². The van der Waals surface area contributed by atoms with Crippen LogP contribution in [0.2, 0.25) is 5.02 Å². The molecule has 170 valence electrons. The minimum Gasteiger partial charge on any atom is -0.494 e. The van der Waals surface area contributed by atoms with Crippen molar-refractivity contribution >= 4 is 39.0 Å². The third-order valence-electron chi connectivity index (χ3n) is 4.39. The monoisotopic (exact) mass is 477 g/mol. The summed E-state index contributed by atoms with van der Waals surface area (Å²) >= 11 is 6.13. The van der Waals surface area contributed by atoms with Gasteiger partial charge in [0.25, 0.3) is 15.9 Å². The Labute approximate surface area is 192 Å². The predicted octanol–water partition coefficient (Wildman–Crippen LogP) is 5.08. The lowest BCUT2D eigenvalue weighted by molar-refractivity contribution is 0.102. The zero-order chi connectivity index (χ0) is 23.5. The standard InChI is InChI=1S/C22H24ClN3O5S/c1-5-30-16-9-7-15(8-10-16)26-32(28,29)18-12-14(6-11-17(18)23)21(27)24-20-13-19(31-25-20)22(2,3)4/h6-13,26H,5H2,1-4H3,(H,24,25,27). The first-order valence-corrected chi connectivity index (χ1v) is 11.7. The molecule has 1 heterocycles. The van der Waals surface area contributed by atoms with Gasteiger partial charge in [0.05, 0.1) is 11.6 Å². The number of benzene rings is 2. The highest BCUT2D eigenvalue weighted by Crippen LogP contribution is 2.27. The minimum absolute atomic E-state index is 0.0172. The lowest BCUT2D eigenvalue weighted by Crippen LogP contribution is -2.16. The number of carbonyl (C=O) groups is 1. The Bertz CT molecular complexity index is 1220. The maximum atomic E-state index is 12.9. The summed E-state index contributed by atoms with van der Waals surface area (Å²) < 4.78 is 38.8. The van der Waals surface area contributed by atoms with Crippen molar-refractivity contribution in [3.63, 3.8) is 0 Å². The van der Waals surface area contributed by atoms with Crippen LogP contribution in [0.5, 0.6) is 5.75 Å². The summed E-state index contributed by atoms with van der Waals surface area (Å²) in [5.74, 6) is 0.904. The van der Waals surface area contributed by atoms with Gasteiger partial charge < -0.3 is 14.6 Å². The molecule has 10 heteroatoms. The van der Waals surface area contributed by atoms with Crippen LogP contribution in [-0.2, 0) is 15.4 Å². The van der Waals surface area contributed by atoms with Crippen LogP contribution < -0.4 is 14.8 Å². The molecule has 0 unspecified atom stereocenters. The van der Waals surface area contributed by atoms with Crippen molar-refractivity contribution < 1.29 is 22.5 Å². The van der Waals surface area contributed by atoms with E-state index in [0.717, 1.165) is 0 Å². The van der Waals surface area contributed by atoms with Gasteiger partial charge in [-0.3, -0.25) is 9.52 Å². The van der Waals surface area contributed by atoms with Crippen molar-refractivity contribution in [3.8, 4) is 5.75 Å². The van der Waals surface area contributed by atoms with Crippen LogP contribution in [0, 0.1) is 0 Å². The second-order valence-electron chi connectivity index (χ2n) is 7.99. The Morgan fingerprint density at radius 2 is 1.81 bits per heavy atom. The first kappa shape index (κ1) is 23.6.